The first-order chi connectivity index (χ1) is 9.65. The summed E-state index contributed by atoms with van der Waals surface area (Å²) in [5.74, 6) is 2.18. The number of hydrogen-bond donors (Lipinski definition) is 2. The van der Waals surface area contributed by atoms with E-state index in [0.29, 0.717) is 12.3 Å². The van der Waals surface area contributed by atoms with Crippen molar-refractivity contribution < 1.29 is 9.13 Å². The van der Waals surface area contributed by atoms with E-state index in [1.165, 1.54) is 12.1 Å². The van der Waals surface area contributed by atoms with Crippen molar-refractivity contribution in [3.05, 3.63) is 30.1 Å². The highest BCUT2D eigenvalue weighted by molar-refractivity contribution is 14.0. The lowest BCUT2D eigenvalue weighted by molar-refractivity contribution is 0.223. The topological polar surface area (TPSA) is 45.7 Å². The van der Waals surface area contributed by atoms with Crippen LogP contribution in [0, 0.1) is 5.82 Å². The van der Waals surface area contributed by atoms with Crippen molar-refractivity contribution in [2.24, 2.45) is 4.99 Å². The minimum atomic E-state index is -0.262. The van der Waals surface area contributed by atoms with E-state index in [1.807, 2.05) is 6.92 Å². The van der Waals surface area contributed by atoms with Crippen molar-refractivity contribution in [2.75, 3.05) is 32.1 Å². The molecule has 0 aliphatic rings. The number of hydrogen-bond acceptors (Lipinski definition) is 3. The first kappa shape index (κ1) is 20.3. The quantitative estimate of drug-likeness (QED) is 0.304. The summed E-state index contributed by atoms with van der Waals surface area (Å²) < 4.78 is 18.5. The molecule has 0 bridgehead atoms. The summed E-state index contributed by atoms with van der Waals surface area (Å²) in [5, 5.41) is 6.40. The van der Waals surface area contributed by atoms with Crippen LogP contribution < -0.4 is 15.4 Å². The maximum absolute atomic E-state index is 12.8. The Morgan fingerprint density at radius 3 is 2.57 bits per heavy atom. The number of benzene rings is 1. The zero-order chi connectivity index (χ0) is 14.8. The van der Waals surface area contributed by atoms with Crippen molar-refractivity contribution in [2.45, 2.75) is 13.0 Å². The molecular formula is C14H23FIN3OS. The number of nitrogens with one attached hydrogen (secondary N) is 2. The van der Waals surface area contributed by atoms with Crippen molar-refractivity contribution in [1.29, 1.82) is 0 Å². The zero-order valence-corrected chi connectivity index (χ0v) is 15.7. The SMILES string of the molecule is CN=C(NCCSC)NCC(C)Oc1ccc(F)cc1.I. The highest BCUT2D eigenvalue weighted by Gasteiger charge is 2.05. The van der Waals surface area contributed by atoms with Crippen LogP contribution in [0.15, 0.2) is 29.3 Å². The van der Waals surface area contributed by atoms with Crippen LogP contribution in [0.25, 0.3) is 0 Å². The van der Waals surface area contributed by atoms with Gasteiger partial charge in [-0.1, -0.05) is 0 Å². The minimum Gasteiger partial charge on any atom is -0.489 e. The third kappa shape index (κ3) is 9.02. The lowest BCUT2D eigenvalue weighted by Gasteiger charge is -2.17. The summed E-state index contributed by atoms with van der Waals surface area (Å²) in [6, 6.07) is 6.02. The Morgan fingerprint density at radius 1 is 1.33 bits per heavy atom. The van der Waals surface area contributed by atoms with E-state index in [9.17, 15) is 4.39 Å². The summed E-state index contributed by atoms with van der Waals surface area (Å²) >= 11 is 1.78. The van der Waals surface area contributed by atoms with Crippen molar-refractivity contribution >= 4 is 41.7 Å². The summed E-state index contributed by atoms with van der Waals surface area (Å²) in [6.45, 7) is 3.44. The molecule has 0 saturated heterocycles. The molecule has 1 aromatic carbocycles. The molecule has 0 amide bonds. The van der Waals surface area contributed by atoms with Gasteiger partial charge in [0.25, 0.3) is 0 Å². The van der Waals surface area contributed by atoms with Gasteiger partial charge in [-0.25, -0.2) is 4.39 Å². The van der Waals surface area contributed by atoms with E-state index in [1.54, 1.807) is 30.9 Å². The van der Waals surface area contributed by atoms with Crippen LogP contribution in [0.1, 0.15) is 6.92 Å². The molecule has 1 aromatic rings. The Balaban J connectivity index is 0.00000400. The molecule has 0 aliphatic carbocycles. The lowest BCUT2D eigenvalue weighted by atomic mass is 10.3. The highest BCUT2D eigenvalue weighted by atomic mass is 127. The molecule has 1 unspecified atom stereocenters. The number of thioether (sulfide) groups is 1. The Hall–Kier alpha value is -0.700. The van der Waals surface area contributed by atoms with Gasteiger partial charge in [0.05, 0.1) is 6.54 Å². The summed E-state index contributed by atoms with van der Waals surface area (Å²) in [5.41, 5.74) is 0. The summed E-state index contributed by atoms with van der Waals surface area (Å²) in [7, 11) is 1.74. The highest BCUT2D eigenvalue weighted by Crippen LogP contribution is 2.12. The third-order valence-electron chi connectivity index (χ3n) is 2.53. The normalized spacial score (nSPS) is 12.3. The second-order valence-corrected chi connectivity index (χ2v) is 5.24. The molecule has 0 heterocycles. The van der Waals surface area contributed by atoms with Crippen LogP contribution in [0.4, 0.5) is 4.39 Å². The molecule has 0 radical (unpaired) electrons. The van der Waals surface area contributed by atoms with E-state index in [2.05, 4.69) is 21.9 Å². The fraction of sp³-hybridized carbons (Fsp3) is 0.500. The molecule has 0 aromatic heterocycles. The molecule has 0 spiro atoms. The summed E-state index contributed by atoms with van der Waals surface area (Å²) in [6.07, 6.45) is 2.02. The van der Waals surface area contributed by atoms with Crippen LogP contribution in [0.3, 0.4) is 0 Å². The van der Waals surface area contributed by atoms with Crippen LogP contribution in [0.2, 0.25) is 0 Å². The average molecular weight is 427 g/mol. The number of guanidine groups is 1. The molecule has 21 heavy (non-hydrogen) atoms. The Bertz CT molecular complexity index is 417. The van der Waals surface area contributed by atoms with E-state index in [-0.39, 0.29) is 35.9 Å². The number of halogens is 2. The van der Waals surface area contributed by atoms with Gasteiger partial charge >= 0.3 is 0 Å². The van der Waals surface area contributed by atoms with Crippen molar-refractivity contribution in [1.82, 2.24) is 10.6 Å². The maximum atomic E-state index is 12.8. The van der Waals surface area contributed by atoms with Crippen molar-refractivity contribution in [3.63, 3.8) is 0 Å². The number of ether oxygens (including phenoxy) is 1. The predicted octanol–water partition coefficient (Wildman–Crippen LogP) is 2.74. The van der Waals surface area contributed by atoms with Gasteiger partial charge in [-0.05, 0) is 37.4 Å². The Kier molecular flexibility index (Phi) is 11.5. The van der Waals surface area contributed by atoms with Crippen LogP contribution in [0.5, 0.6) is 5.75 Å². The van der Waals surface area contributed by atoms with E-state index >= 15 is 0 Å². The fourth-order valence-corrected chi connectivity index (χ4v) is 1.83. The van der Waals surface area contributed by atoms with Gasteiger partial charge in [-0.15, -0.1) is 24.0 Å². The third-order valence-corrected chi connectivity index (χ3v) is 3.14. The monoisotopic (exact) mass is 427 g/mol. The van der Waals surface area contributed by atoms with E-state index in [0.717, 1.165) is 18.3 Å². The van der Waals surface area contributed by atoms with Gasteiger partial charge in [0.15, 0.2) is 5.96 Å². The number of nitrogens with zero attached hydrogens (tertiary/aromatic N) is 1. The first-order valence-corrected chi connectivity index (χ1v) is 7.90. The van der Waals surface area contributed by atoms with Crippen LogP contribution >= 0.6 is 35.7 Å². The average Bonchev–Trinajstić information content (AvgIpc) is 2.45. The predicted molar refractivity (Wildman–Crippen MR) is 99.7 cm³/mol. The number of aliphatic imine (C=N–C) groups is 1. The Morgan fingerprint density at radius 2 is 2.00 bits per heavy atom. The molecule has 0 aliphatic heterocycles. The lowest BCUT2D eigenvalue weighted by Crippen LogP contribution is -2.42. The molecule has 1 rings (SSSR count). The van der Waals surface area contributed by atoms with E-state index in [4.69, 9.17) is 4.74 Å². The van der Waals surface area contributed by atoms with Gasteiger partial charge in [0, 0.05) is 19.3 Å². The fourth-order valence-electron chi connectivity index (χ4n) is 1.52. The zero-order valence-electron chi connectivity index (χ0n) is 12.6. The molecule has 0 fully saturated rings. The van der Waals surface area contributed by atoms with Gasteiger partial charge < -0.3 is 15.4 Å². The van der Waals surface area contributed by atoms with Gasteiger partial charge in [-0.3, -0.25) is 4.99 Å². The molecule has 4 nitrogen and oxygen atoms in total. The minimum absolute atomic E-state index is 0. The smallest absolute Gasteiger partial charge is 0.191 e. The van der Waals surface area contributed by atoms with Crippen LogP contribution in [-0.2, 0) is 0 Å². The maximum Gasteiger partial charge on any atom is 0.191 e. The van der Waals surface area contributed by atoms with Crippen molar-refractivity contribution in [3.8, 4) is 5.75 Å². The molecule has 2 N–H and O–H groups in total. The van der Waals surface area contributed by atoms with Gasteiger partial charge in [-0.2, -0.15) is 11.8 Å². The Labute approximate surface area is 147 Å². The first-order valence-electron chi connectivity index (χ1n) is 6.51. The molecule has 120 valence electrons. The van der Waals surface area contributed by atoms with Crippen LogP contribution in [-0.4, -0.2) is 44.2 Å². The van der Waals surface area contributed by atoms with E-state index < -0.39 is 0 Å². The summed E-state index contributed by atoms with van der Waals surface area (Å²) in [4.78, 5) is 4.13. The molecule has 1 atom stereocenters. The standard InChI is InChI=1S/C14H22FN3OS.HI/c1-11(19-13-6-4-12(15)5-7-13)10-18-14(16-2)17-8-9-20-3;/h4-7,11H,8-10H2,1-3H3,(H2,16,17,18);1H. The second-order valence-electron chi connectivity index (χ2n) is 4.26. The molecular weight excluding hydrogens is 404 g/mol. The number of rotatable bonds is 7. The molecule has 7 heteroatoms. The molecule has 0 saturated carbocycles. The second kappa shape index (κ2) is 11.9. The van der Waals surface area contributed by atoms with Gasteiger partial charge in [0.1, 0.15) is 17.7 Å². The van der Waals surface area contributed by atoms with Gasteiger partial charge in [0.2, 0.25) is 0 Å². The largest absolute Gasteiger partial charge is 0.489 e.